The summed E-state index contributed by atoms with van der Waals surface area (Å²) in [6, 6.07) is 23.2. The zero-order valence-corrected chi connectivity index (χ0v) is 16.8. The highest BCUT2D eigenvalue weighted by molar-refractivity contribution is 14.1. The largest absolute Gasteiger partial charge is 0.369 e. The molecule has 0 saturated heterocycles. The number of benzene rings is 4. The number of rotatable bonds is 2. The van der Waals surface area contributed by atoms with Gasteiger partial charge in [0.05, 0.1) is 11.4 Å². The van der Waals surface area contributed by atoms with Gasteiger partial charge < -0.3 is 5.73 Å². The van der Waals surface area contributed by atoms with Crippen LogP contribution in [0.25, 0.3) is 21.5 Å². The van der Waals surface area contributed by atoms with Crippen LogP contribution in [0.2, 0.25) is 0 Å². The Hall–Kier alpha value is -2.60. The number of aryl methyl sites for hydroxylation is 2. The Kier molecular flexibility index (Phi) is 3.82. The number of nitrogens with two attached hydrogens (primary N) is 1. The summed E-state index contributed by atoms with van der Waals surface area (Å²) in [6.07, 6.45) is 2.03. The molecule has 132 valence electrons. The van der Waals surface area contributed by atoms with Gasteiger partial charge in [-0.2, -0.15) is 0 Å². The third kappa shape index (κ3) is 2.51. The van der Waals surface area contributed by atoms with Crippen LogP contribution in [0, 0.1) is 8.98 Å². The van der Waals surface area contributed by atoms with E-state index in [1.807, 2.05) is 17.0 Å². The number of halogens is 1. The number of nitrogens with one attached hydrogen (secondary N) is 1. The summed E-state index contributed by atoms with van der Waals surface area (Å²) < 4.78 is 1.20. The number of fused-ring (bicyclic) bond motifs is 1. The summed E-state index contributed by atoms with van der Waals surface area (Å²) in [6.45, 7) is 0. The molecule has 0 aliphatic heterocycles. The van der Waals surface area contributed by atoms with Crippen LogP contribution in [0.5, 0.6) is 0 Å². The summed E-state index contributed by atoms with van der Waals surface area (Å²) in [5.74, 6) is 0.0429. The van der Waals surface area contributed by atoms with Crippen molar-refractivity contribution in [2.45, 2.75) is 12.8 Å². The maximum absolute atomic E-state index is 8.35. The predicted octanol–water partition coefficient (Wildman–Crippen LogP) is 5.73. The molecule has 5 rings (SSSR count). The van der Waals surface area contributed by atoms with Gasteiger partial charge in [-0.1, -0.05) is 48.5 Å². The van der Waals surface area contributed by atoms with Crippen molar-refractivity contribution in [3.05, 3.63) is 81.4 Å². The molecule has 1 aliphatic rings. The fraction of sp³-hybridized carbons (Fsp3) is 0.0870. The lowest BCUT2D eigenvalue weighted by Gasteiger charge is -2.27. The van der Waals surface area contributed by atoms with Gasteiger partial charge >= 0.3 is 0 Å². The number of hydrogen-bond acceptors (Lipinski definition) is 1. The zero-order valence-electron chi connectivity index (χ0n) is 14.7. The van der Waals surface area contributed by atoms with Crippen LogP contribution in [0.15, 0.2) is 66.7 Å². The highest BCUT2D eigenvalue weighted by Crippen LogP contribution is 2.41. The van der Waals surface area contributed by atoms with Crippen molar-refractivity contribution in [1.82, 2.24) is 0 Å². The maximum Gasteiger partial charge on any atom is 0.197 e. The van der Waals surface area contributed by atoms with Crippen LogP contribution in [0.3, 0.4) is 0 Å². The Bertz CT molecular complexity index is 1230. The van der Waals surface area contributed by atoms with E-state index in [0.29, 0.717) is 0 Å². The molecule has 0 saturated carbocycles. The fourth-order valence-electron chi connectivity index (χ4n) is 4.29. The molecule has 0 radical (unpaired) electrons. The number of anilines is 2. The topological polar surface area (TPSA) is 53.1 Å². The Balaban J connectivity index is 1.80. The monoisotopic (exact) mass is 463 g/mol. The average molecular weight is 463 g/mol. The molecule has 0 bridgehead atoms. The number of hydrogen-bond donors (Lipinski definition) is 2. The van der Waals surface area contributed by atoms with Crippen LogP contribution in [0.4, 0.5) is 11.4 Å². The first kappa shape index (κ1) is 16.6. The van der Waals surface area contributed by atoms with Gasteiger partial charge in [-0.25, -0.2) is 0 Å². The Morgan fingerprint density at radius 2 is 1.63 bits per heavy atom. The first-order chi connectivity index (χ1) is 13.1. The summed E-state index contributed by atoms with van der Waals surface area (Å²) in [7, 11) is 0. The third-order valence-corrected chi connectivity index (χ3v) is 6.37. The van der Waals surface area contributed by atoms with E-state index in [9.17, 15) is 0 Å². The molecule has 3 N–H and O–H groups in total. The van der Waals surface area contributed by atoms with E-state index in [1.165, 1.54) is 30.9 Å². The molecule has 4 heteroatoms. The molecule has 0 unspecified atom stereocenters. The zero-order chi connectivity index (χ0) is 18.5. The predicted molar refractivity (Wildman–Crippen MR) is 122 cm³/mol. The molecule has 1 aliphatic carbocycles. The van der Waals surface area contributed by atoms with Crippen molar-refractivity contribution in [3.8, 4) is 0 Å². The molecule has 4 aromatic rings. The third-order valence-electron chi connectivity index (χ3n) is 5.43. The maximum atomic E-state index is 8.35. The van der Waals surface area contributed by atoms with Crippen molar-refractivity contribution in [1.29, 1.82) is 5.41 Å². The average Bonchev–Trinajstić information content (AvgIpc) is 3.11. The molecule has 4 aromatic carbocycles. The van der Waals surface area contributed by atoms with Gasteiger partial charge in [0.2, 0.25) is 0 Å². The van der Waals surface area contributed by atoms with Crippen LogP contribution >= 0.6 is 22.6 Å². The minimum Gasteiger partial charge on any atom is -0.369 e. The van der Waals surface area contributed by atoms with Crippen molar-refractivity contribution in [3.63, 3.8) is 0 Å². The minimum atomic E-state index is 0.0429. The lowest BCUT2D eigenvalue weighted by Crippen LogP contribution is -2.33. The van der Waals surface area contributed by atoms with Gasteiger partial charge in [-0.05, 0) is 80.9 Å². The molecule has 27 heavy (non-hydrogen) atoms. The number of nitrogens with zero attached hydrogens (tertiary/aromatic N) is 1. The standard InChI is InChI=1S/C23H18IN3/c24-19-11-13-20(17-7-2-1-6-16(17)19)27(23(25)26)21-12-9-15-5-3-4-14-8-10-18(21)22(14)15/h1-7,9,11-13H,8,10H2,(H3,25,26). The molecule has 0 heterocycles. The van der Waals surface area contributed by atoms with E-state index in [-0.39, 0.29) is 5.96 Å². The molecule has 0 fully saturated rings. The smallest absolute Gasteiger partial charge is 0.197 e. The highest BCUT2D eigenvalue weighted by Gasteiger charge is 2.24. The van der Waals surface area contributed by atoms with Gasteiger partial charge in [0.25, 0.3) is 0 Å². The fourth-order valence-corrected chi connectivity index (χ4v) is 4.94. The lowest BCUT2D eigenvalue weighted by atomic mass is 10.0. The van der Waals surface area contributed by atoms with E-state index in [4.69, 9.17) is 11.1 Å². The quantitative estimate of drug-likeness (QED) is 0.227. The van der Waals surface area contributed by atoms with Crippen molar-refractivity contribution < 1.29 is 0 Å². The van der Waals surface area contributed by atoms with Crippen LogP contribution < -0.4 is 10.6 Å². The summed E-state index contributed by atoms with van der Waals surface area (Å²) in [5.41, 5.74) is 10.8. The van der Waals surface area contributed by atoms with Gasteiger partial charge in [-0.15, -0.1) is 0 Å². The van der Waals surface area contributed by atoms with E-state index >= 15 is 0 Å². The second-order valence-corrected chi connectivity index (χ2v) is 8.07. The van der Waals surface area contributed by atoms with E-state index in [2.05, 4.69) is 77.2 Å². The molecule has 0 spiro atoms. The molecule has 0 aromatic heterocycles. The molecular formula is C23H18IN3. The van der Waals surface area contributed by atoms with E-state index in [0.717, 1.165) is 29.6 Å². The first-order valence-corrected chi connectivity index (χ1v) is 10.1. The second-order valence-electron chi connectivity index (χ2n) is 6.91. The van der Waals surface area contributed by atoms with Crippen molar-refractivity contribution in [2.24, 2.45) is 5.73 Å². The van der Waals surface area contributed by atoms with Crippen LogP contribution in [-0.2, 0) is 12.8 Å². The van der Waals surface area contributed by atoms with E-state index < -0.39 is 0 Å². The summed E-state index contributed by atoms with van der Waals surface area (Å²) in [5, 5.41) is 13.2. The van der Waals surface area contributed by atoms with Crippen LogP contribution in [-0.4, -0.2) is 5.96 Å². The van der Waals surface area contributed by atoms with Gasteiger partial charge in [0.15, 0.2) is 5.96 Å². The number of guanidine groups is 1. The van der Waals surface area contributed by atoms with Crippen LogP contribution in [0.1, 0.15) is 11.1 Å². The van der Waals surface area contributed by atoms with E-state index in [1.54, 1.807) is 0 Å². The SMILES string of the molecule is N=C(N)N(c1ccc2cccc3c2c1CC3)c1ccc(I)c2ccccc12. The van der Waals surface area contributed by atoms with Crippen molar-refractivity contribution in [2.75, 3.05) is 4.90 Å². The normalized spacial score (nSPS) is 12.6. The second kappa shape index (κ2) is 6.23. The Labute approximate surface area is 171 Å². The lowest BCUT2D eigenvalue weighted by molar-refractivity contribution is 1.02. The van der Waals surface area contributed by atoms with Gasteiger partial charge in [-0.3, -0.25) is 10.3 Å². The summed E-state index contributed by atoms with van der Waals surface area (Å²) >= 11 is 2.36. The molecular weight excluding hydrogens is 445 g/mol. The van der Waals surface area contributed by atoms with Gasteiger partial charge in [0.1, 0.15) is 0 Å². The minimum absolute atomic E-state index is 0.0429. The Morgan fingerprint density at radius 1 is 0.852 bits per heavy atom. The van der Waals surface area contributed by atoms with Gasteiger partial charge in [0, 0.05) is 8.96 Å². The first-order valence-electron chi connectivity index (χ1n) is 9.00. The molecule has 0 amide bonds. The Morgan fingerprint density at radius 3 is 2.44 bits per heavy atom. The highest BCUT2D eigenvalue weighted by atomic mass is 127. The molecule has 0 atom stereocenters. The van der Waals surface area contributed by atoms with Crippen molar-refractivity contribution >= 4 is 61.5 Å². The summed E-state index contributed by atoms with van der Waals surface area (Å²) in [4.78, 5) is 1.90. The molecule has 3 nitrogen and oxygen atoms in total.